The van der Waals surface area contributed by atoms with Gasteiger partial charge in [0.1, 0.15) is 0 Å². The van der Waals surface area contributed by atoms with Gasteiger partial charge in [0.05, 0.1) is 18.2 Å². The Bertz CT molecular complexity index is 943. The van der Waals surface area contributed by atoms with Crippen LogP contribution in [0.4, 0.5) is 0 Å². The zero-order valence-electron chi connectivity index (χ0n) is 15.6. The van der Waals surface area contributed by atoms with Crippen molar-refractivity contribution in [2.45, 2.75) is 18.9 Å². The molecule has 0 aliphatic carbocycles. The lowest BCUT2D eigenvalue weighted by Crippen LogP contribution is -2.42. The highest BCUT2D eigenvalue weighted by molar-refractivity contribution is 6.31. The molecule has 0 spiro atoms. The van der Waals surface area contributed by atoms with E-state index in [-0.39, 0.29) is 6.04 Å². The van der Waals surface area contributed by atoms with Crippen LogP contribution in [0.25, 0.3) is 0 Å². The fourth-order valence-electron chi connectivity index (χ4n) is 2.87. The van der Waals surface area contributed by atoms with Crippen molar-refractivity contribution in [3.05, 3.63) is 88.8 Å². The quantitative estimate of drug-likeness (QED) is 0.316. The molecule has 1 aliphatic rings. The van der Waals surface area contributed by atoms with Gasteiger partial charge in [-0.05, 0) is 48.2 Å². The van der Waals surface area contributed by atoms with Crippen molar-refractivity contribution >= 4 is 34.9 Å². The largest absolute Gasteiger partial charge is 0.354 e. The highest BCUT2D eigenvalue weighted by Gasteiger charge is 2.30. The summed E-state index contributed by atoms with van der Waals surface area (Å²) in [5.41, 5.74) is 2.70. The van der Waals surface area contributed by atoms with Crippen LogP contribution in [0.3, 0.4) is 0 Å². The Kier molecular flexibility index (Phi) is 7.29. The predicted molar refractivity (Wildman–Crippen MR) is 118 cm³/mol. The number of nitrogens with one attached hydrogen (secondary N) is 1. The summed E-state index contributed by atoms with van der Waals surface area (Å²) in [6.45, 7) is 4.40. The number of halogens is 2. The van der Waals surface area contributed by atoms with Gasteiger partial charge in [-0.3, -0.25) is 0 Å². The maximum absolute atomic E-state index is 9.15. The van der Waals surface area contributed by atoms with Crippen LogP contribution in [-0.4, -0.2) is 29.3 Å². The van der Waals surface area contributed by atoms with Crippen molar-refractivity contribution in [1.29, 1.82) is 5.26 Å². The van der Waals surface area contributed by atoms with E-state index in [1.807, 2.05) is 42.6 Å². The van der Waals surface area contributed by atoms with Crippen LogP contribution >= 0.6 is 23.2 Å². The lowest BCUT2D eigenvalue weighted by Gasteiger charge is -2.23. The van der Waals surface area contributed by atoms with Crippen LogP contribution < -0.4 is 5.32 Å². The molecule has 2 aromatic rings. The van der Waals surface area contributed by atoms with Gasteiger partial charge in [0.25, 0.3) is 0 Å². The highest BCUT2D eigenvalue weighted by atomic mass is 35.5. The fraction of sp³-hybridized carbons (Fsp3) is 0.182. The van der Waals surface area contributed by atoms with Crippen LogP contribution in [0.5, 0.6) is 0 Å². The Hall–Kier alpha value is -2.81. The topological polar surface area (TPSA) is 63.8 Å². The molecule has 2 radical (unpaired) electrons. The smallest absolute Gasteiger partial charge is 0.230 e. The van der Waals surface area contributed by atoms with Crippen LogP contribution in [-0.2, 0) is 6.42 Å². The van der Waals surface area contributed by atoms with Crippen LogP contribution in [0.1, 0.15) is 17.5 Å². The van der Waals surface area contributed by atoms with E-state index in [0.717, 1.165) is 17.5 Å². The zero-order chi connectivity index (χ0) is 20.6. The summed E-state index contributed by atoms with van der Waals surface area (Å²) < 4.78 is 0. The van der Waals surface area contributed by atoms with E-state index in [9.17, 15) is 0 Å². The number of benzene rings is 2. The molecule has 1 N–H and O–H groups in total. The summed E-state index contributed by atoms with van der Waals surface area (Å²) in [5, 5.41) is 20.0. The van der Waals surface area contributed by atoms with Gasteiger partial charge < -0.3 is 5.32 Å². The maximum atomic E-state index is 9.15. The molecule has 0 saturated heterocycles. The molecule has 1 heterocycles. The van der Waals surface area contributed by atoms with Crippen LogP contribution in [0, 0.1) is 17.9 Å². The van der Waals surface area contributed by atoms with Crippen LogP contribution in [0.15, 0.2) is 71.3 Å². The minimum atomic E-state index is -0.201. The average molecular weight is 424 g/mol. The van der Waals surface area contributed by atoms with Gasteiger partial charge in [-0.15, -0.1) is 11.6 Å². The molecular weight excluding hydrogens is 405 g/mol. The molecule has 0 bridgehead atoms. The van der Waals surface area contributed by atoms with E-state index in [1.54, 1.807) is 23.2 Å². The second-order valence-corrected chi connectivity index (χ2v) is 7.20. The summed E-state index contributed by atoms with van der Waals surface area (Å²) in [5.74, 6) is 0.379. The normalized spacial score (nSPS) is 16.3. The third-order valence-corrected chi connectivity index (χ3v) is 4.80. The number of hydrazone groups is 1. The van der Waals surface area contributed by atoms with Crippen molar-refractivity contribution < 1.29 is 0 Å². The molecule has 146 valence electrons. The molecule has 2 aromatic carbocycles. The van der Waals surface area contributed by atoms with Gasteiger partial charge in [-0.2, -0.15) is 10.4 Å². The molecule has 1 aliphatic heterocycles. The highest BCUT2D eigenvalue weighted by Crippen LogP contribution is 2.23. The van der Waals surface area contributed by atoms with Crippen molar-refractivity contribution in [3.8, 4) is 6.19 Å². The Morgan fingerprint density at radius 2 is 1.86 bits per heavy atom. The summed E-state index contributed by atoms with van der Waals surface area (Å²) >= 11 is 11.9. The summed E-state index contributed by atoms with van der Waals surface area (Å²) in [6.07, 6.45) is 8.36. The van der Waals surface area contributed by atoms with E-state index < -0.39 is 0 Å². The average Bonchev–Trinajstić information content (AvgIpc) is 3.13. The molecule has 5 nitrogen and oxygen atoms in total. The summed E-state index contributed by atoms with van der Waals surface area (Å²) in [6, 6.07) is 14.8. The summed E-state index contributed by atoms with van der Waals surface area (Å²) in [4.78, 5) is 3.94. The number of aliphatic imine (C=N–C) groups is 1. The van der Waals surface area contributed by atoms with Gasteiger partial charge in [0.2, 0.25) is 12.2 Å². The Morgan fingerprint density at radius 1 is 1.21 bits per heavy atom. The minimum absolute atomic E-state index is 0.201. The third-order valence-electron chi connectivity index (χ3n) is 4.30. The molecule has 0 saturated carbocycles. The lowest BCUT2D eigenvalue weighted by molar-refractivity contribution is 0.377. The third kappa shape index (κ3) is 5.60. The lowest BCUT2D eigenvalue weighted by atomic mass is 10.0. The van der Waals surface area contributed by atoms with E-state index in [0.29, 0.717) is 34.7 Å². The van der Waals surface area contributed by atoms with Crippen molar-refractivity contribution in [2.75, 3.05) is 6.54 Å². The SMILES string of the molecule is C=CCC1[C]C(c2ccc(Cl)cc2)=NN1C(=NC#N)NCCc1ccc(Cl)cc1. The summed E-state index contributed by atoms with van der Waals surface area (Å²) in [7, 11) is 0. The Balaban J connectivity index is 1.74. The number of nitriles is 1. The van der Waals surface area contributed by atoms with Crippen LogP contribution in [0.2, 0.25) is 10.0 Å². The molecule has 1 unspecified atom stereocenters. The van der Waals surface area contributed by atoms with Gasteiger partial charge >= 0.3 is 0 Å². The monoisotopic (exact) mass is 423 g/mol. The molecular formula is C22H19Cl2N5. The van der Waals surface area contributed by atoms with Crippen molar-refractivity contribution in [3.63, 3.8) is 0 Å². The number of rotatable bonds is 6. The number of nitrogens with zero attached hydrogens (tertiary/aromatic N) is 4. The standard InChI is InChI=1S/C22H19Cl2N5/c1-2-3-20-14-21(17-6-10-19(24)11-7-17)28-29(20)22(27-15-25)26-13-12-16-4-8-18(23)9-5-16/h2,4-11,20H,1,3,12-13H2,(H,26,27). The molecule has 29 heavy (non-hydrogen) atoms. The van der Waals surface area contributed by atoms with E-state index in [1.165, 1.54) is 0 Å². The van der Waals surface area contributed by atoms with Gasteiger partial charge in [0, 0.05) is 16.6 Å². The second kappa shape index (κ2) is 10.1. The van der Waals surface area contributed by atoms with Crippen molar-refractivity contribution in [2.24, 2.45) is 10.1 Å². The predicted octanol–water partition coefficient (Wildman–Crippen LogP) is 4.71. The number of guanidine groups is 1. The van der Waals surface area contributed by atoms with Crippen molar-refractivity contribution in [1.82, 2.24) is 10.3 Å². The first-order chi connectivity index (χ1) is 14.1. The molecule has 0 fully saturated rings. The molecule has 0 amide bonds. The fourth-order valence-corrected chi connectivity index (χ4v) is 3.13. The number of hydrogen-bond acceptors (Lipinski definition) is 3. The first kappa shape index (κ1) is 20.9. The zero-order valence-corrected chi connectivity index (χ0v) is 17.2. The maximum Gasteiger partial charge on any atom is 0.230 e. The first-order valence-electron chi connectivity index (χ1n) is 9.07. The minimum Gasteiger partial charge on any atom is -0.354 e. The van der Waals surface area contributed by atoms with Gasteiger partial charge in [-0.25, -0.2) is 5.01 Å². The van der Waals surface area contributed by atoms with E-state index in [4.69, 9.17) is 28.5 Å². The van der Waals surface area contributed by atoms with Gasteiger partial charge in [-0.1, -0.05) is 53.5 Å². The molecule has 1 atom stereocenters. The Labute approximate surface area is 181 Å². The first-order valence-corrected chi connectivity index (χ1v) is 9.82. The van der Waals surface area contributed by atoms with E-state index in [2.05, 4.69) is 28.4 Å². The Morgan fingerprint density at radius 3 is 2.48 bits per heavy atom. The molecule has 7 heteroatoms. The number of hydrogen-bond donors (Lipinski definition) is 1. The molecule has 0 aromatic heterocycles. The van der Waals surface area contributed by atoms with E-state index >= 15 is 0 Å². The van der Waals surface area contributed by atoms with Gasteiger partial charge in [0.15, 0.2) is 0 Å². The molecule has 3 rings (SSSR count). The second-order valence-electron chi connectivity index (χ2n) is 6.32.